The molecule has 7 heteroatoms. The van der Waals surface area contributed by atoms with Crippen LogP contribution in [0.15, 0.2) is 6.20 Å². The van der Waals surface area contributed by atoms with Gasteiger partial charge in [0.05, 0.1) is 0 Å². The van der Waals surface area contributed by atoms with Crippen molar-refractivity contribution in [3.8, 4) is 0 Å². The maximum Gasteiger partial charge on any atom is 0.410 e. The van der Waals surface area contributed by atoms with Gasteiger partial charge >= 0.3 is 6.09 Å². The highest BCUT2D eigenvalue weighted by Crippen LogP contribution is 2.27. The summed E-state index contributed by atoms with van der Waals surface area (Å²) in [6.45, 7) is 7.32. The van der Waals surface area contributed by atoms with Gasteiger partial charge in [-0.1, -0.05) is 11.6 Å². The van der Waals surface area contributed by atoms with E-state index in [0.717, 1.165) is 31.0 Å². The second-order valence-corrected chi connectivity index (χ2v) is 9.26. The third-order valence-corrected chi connectivity index (χ3v) is 5.81. The molecule has 0 radical (unpaired) electrons. The number of nitrogens with zero attached hydrogens (tertiary/aromatic N) is 2. The van der Waals surface area contributed by atoms with Gasteiger partial charge in [-0.15, -0.1) is 11.3 Å². The van der Waals surface area contributed by atoms with Gasteiger partial charge in [0, 0.05) is 29.9 Å². The third kappa shape index (κ3) is 5.97. The number of hydrogen-bond acceptors (Lipinski definition) is 5. The van der Waals surface area contributed by atoms with Gasteiger partial charge in [0.15, 0.2) is 4.47 Å². The van der Waals surface area contributed by atoms with E-state index in [9.17, 15) is 4.79 Å². The highest BCUT2D eigenvalue weighted by atomic mass is 35.5. The molecule has 1 amide bonds. The number of likely N-dealkylation sites (tertiary alicyclic amines) is 1. The summed E-state index contributed by atoms with van der Waals surface area (Å²) in [6.07, 6.45) is 3.89. The van der Waals surface area contributed by atoms with E-state index in [4.69, 9.17) is 16.3 Å². The smallest absolute Gasteiger partial charge is 0.410 e. The number of thioether (sulfide) groups is 1. The Balaban J connectivity index is 1.74. The minimum Gasteiger partial charge on any atom is -0.444 e. The Bertz CT molecular complexity index is 502. The zero-order valence-electron chi connectivity index (χ0n) is 13.3. The first-order valence-electron chi connectivity index (χ1n) is 7.49. The zero-order valence-corrected chi connectivity index (χ0v) is 15.7. The van der Waals surface area contributed by atoms with Crippen LogP contribution >= 0.6 is 34.7 Å². The second-order valence-electron chi connectivity index (χ2n) is 6.53. The minimum absolute atomic E-state index is 0.184. The monoisotopic (exact) mass is 362 g/mol. The summed E-state index contributed by atoms with van der Waals surface area (Å²) in [6, 6.07) is 0. The maximum absolute atomic E-state index is 12.1. The van der Waals surface area contributed by atoms with Gasteiger partial charge in [-0.2, -0.15) is 11.8 Å². The lowest BCUT2D eigenvalue weighted by Gasteiger charge is -2.34. The molecule has 1 fully saturated rings. The van der Waals surface area contributed by atoms with E-state index in [0.29, 0.717) is 10.4 Å². The van der Waals surface area contributed by atoms with Crippen molar-refractivity contribution >= 4 is 40.8 Å². The number of aromatic nitrogens is 1. The van der Waals surface area contributed by atoms with Crippen molar-refractivity contribution in [1.29, 1.82) is 0 Å². The Morgan fingerprint density at radius 3 is 3.00 bits per heavy atom. The van der Waals surface area contributed by atoms with Crippen LogP contribution in [0.2, 0.25) is 4.47 Å². The molecule has 0 spiro atoms. The number of amides is 1. The Hall–Kier alpha value is -0.460. The highest BCUT2D eigenvalue weighted by molar-refractivity contribution is 7.98. The van der Waals surface area contributed by atoms with Crippen molar-refractivity contribution in [3.05, 3.63) is 15.5 Å². The lowest BCUT2D eigenvalue weighted by Crippen LogP contribution is -2.43. The van der Waals surface area contributed by atoms with Crippen molar-refractivity contribution < 1.29 is 9.53 Å². The fraction of sp³-hybridized carbons (Fsp3) is 0.733. The number of piperidine rings is 1. The first kappa shape index (κ1) is 17.9. The van der Waals surface area contributed by atoms with Crippen molar-refractivity contribution in [1.82, 2.24) is 9.88 Å². The lowest BCUT2D eigenvalue weighted by molar-refractivity contribution is 0.0177. The molecule has 0 saturated carbocycles. The van der Waals surface area contributed by atoms with Crippen LogP contribution in [0, 0.1) is 5.92 Å². The van der Waals surface area contributed by atoms with Crippen LogP contribution in [0.4, 0.5) is 4.79 Å². The van der Waals surface area contributed by atoms with E-state index < -0.39 is 5.60 Å². The average Bonchev–Trinajstić information content (AvgIpc) is 2.83. The number of hydrogen-bond donors (Lipinski definition) is 0. The van der Waals surface area contributed by atoms with Crippen molar-refractivity contribution in [3.63, 3.8) is 0 Å². The van der Waals surface area contributed by atoms with Gasteiger partial charge in [-0.25, -0.2) is 9.78 Å². The van der Waals surface area contributed by atoms with Crippen molar-refractivity contribution in [2.45, 2.75) is 45.0 Å². The Morgan fingerprint density at radius 2 is 2.36 bits per heavy atom. The zero-order chi connectivity index (χ0) is 16.2. The van der Waals surface area contributed by atoms with Crippen LogP contribution in [-0.4, -0.2) is 40.4 Å². The molecule has 0 N–H and O–H groups in total. The summed E-state index contributed by atoms with van der Waals surface area (Å²) in [7, 11) is 0. The molecule has 1 aromatic rings. The molecule has 2 rings (SSSR count). The topological polar surface area (TPSA) is 42.4 Å². The summed E-state index contributed by atoms with van der Waals surface area (Å²) < 4.78 is 6.06. The summed E-state index contributed by atoms with van der Waals surface area (Å²) in [5.41, 5.74) is -0.426. The van der Waals surface area contributed by atoms with Gasteiger partial charge in [0.25, 0.3) is 0 Å². The first-order valence-corrected chi connectivity index (χ1v) is 9.84. The fourth-order valence-electron chi connectivity index (χ4n) is 2.37. The second kappa shape index (κ2) is 7.88. The first-order chi connectivity index (χ1) is 10.3. The molecule has 22 heavy (non-hydrogen) atoms. The molecule has 2 heterocycles. The molecule has 4 nitrogen and oxygen atoms in total. The molecule has 0 unspecified atom stereocenters. The van der Waals surface area contributed by atoms with Crippen LogP contribution in [0.1, 0.15) is 38.5 Å². The number of rotatable bonds is 4. The number of carbonyl (C=O) groups excluding carboxylic acids is 1. The maximum atomic E-state index is 12.1. The molecule has 0 aromatic carbocycles. The number of thiazole rings is 1. The van der Waals surface area contributed by atoms with Crippen LogP contribution in [0.3, 0.4) is 0 Å². The molecule has 1 saturated heterocycles. The van der Waals surface area contributed by atoms with Gasteiger partial charge in [-0.05, 0) is 45.3 Å². The average molecular weight is 363 g/mol. The van der Waals surface area contributed by atoms with Gasteiger partial charge in [-0.3, -0.25) is 0 Å². The Labute approximate surface area is 145 Å². The van der Waals surface area contributed by atoms with Gasteiger partial charge in [0.2, 0.25) is 0 Å². The largest absolute Gasteiger partial charge is 0.444 e. The summed E-state index contributed by atoms with van der Waals surface area (Å²) >= 11 is 9.26. The quantitative estimate of drug-likeness (QED) is 0.780. The van der Waals surface area contributed by atoms with Crippen LogP contribution < -0.4 is 0 Å². The van der Waals surface area contributed by atoms with E-state index in [1.807, 2.05) is 43.6 Å². The molecular formula is C15H23ClN2O2S2. The van der Waals surface area contributed by atoms with Crippen LogP contribution in [-0.2, 0) is 10.5 Å². The SMILES string of the molecule is CC(C)(C)OC(=O)N1CCC[C@H](CSCc2cnc(Cl)s2)C1. The van der Waals surface area contributed by atoms with Gasteiger partial charge < -0.3 is 9.64 Å². The predicted molar refractivity (Wildman–Crippen MR) is 93.8 cm³/mol. The van der Waals surface area contributed by atoms with E-state index in [-0.39, 0.29) is 6.09 Å². The molecule has 1 atom stereocenters. The number of carbonyl (C=O) groups is 1. The van der Waals surface area contributed by atoms with Crippen molar-refractivity contribution in [2.24, 2.45) is 5.92 Å². The lowest BCUT2D eigenvalue weighted by atomic mass is 10.0. The summed E-state index contributed by atoms with van der Waals surface area (Å²) in [5, 5.41) is 0. The Kier molecular flexibility index (Phi) is 6.41. The summed E-state index contributed by atoms with van der Waals surface area (Å²) in [5.74, 6) is 2.52. The predicted octanol–water partition coefficient (Wildman–Crippen LogP) is 4.68. The molecule has 1 aromatic heterocycles. The molecular weight excluding hydrogens is 340 g/mol. The number of ether oxygens (including phenoxy) is 1. The third-order valence-electron chi connectivity index (χ3n) is 3.29. The molecule has 1 aliphatic rings. The molecule has 1 aliphatic heterocycles. The van der Waals surface area contributed by atoms with Crippen LogP contribution in [0.5, 0.6) is 0 Å². The highest BCUT2D eigenvalue weighted by Gasteiger charge is 2.27. The summed E-state index contributed by atoms with van der Waals surface area (Å²) in [4.78, 5) is 19.2. The van der Waals surface area contributed by atoms with E-state index in [2.05, 4.69) is 4.98 Å². The van der Waals surface area contributed by atoms with Crippen LogP contribution in [0.25, 0.3) is 0 Å². The Morgan fingerprint density at radius 1 is 1.59 bits per heavy atom. The molecule has 0 bridgehead atoms. The van der Waals surface area contributed by atoms with E-state index >= 15 is 0 Å². The van der Waals surface area contributed by atoms with Gasteiger partial charge in [0.1, 0.15) is 5.60 Å². The van der Waals surface area contributed by atoms with Crippen molar-refractivity contribution in [2.75, 3.05) is 18.8 Å². The number of halogens is 1. The standard InChI is InChI=1S/C15H23ClN2O2S2/c1-15(2,3)20-14(19)18-6-4-5-11(8-18)9-21-10-12-7-17-13(16)22-12/h7,11H,4-6,8-10H2,1-3H3/t11-/m0/s1. The fourth-order valence-corrected chi connectivity index (χ4v) is 4.63. The van der Waals surface area contributed by atoms with E-state index in [1.165, 1.54) is 22.6 Å². The molecule has 124 valence electrons. The minimum atomic E-state index is -0.426. The van der Waals surface area contributed by atoms with E-state index in [1.54, 1.807) is 0 Å². The molecule has 0 aliphatic carbocycles. The normalized spacial score (nSPS) is 19.3.